The van der Waals surface area contributed by atoms with Crippen molar-refractivity contribution in [1.29, 1.82) is 0 Å². The summed E-state index contributed by atoms with van der Waals surface area (Å²) in [4.78, 5) is 69.8. The lowest BCUT2D eigenvalue weighted by atomic mass is 9.79. The van der Waals surface area contributed by atoms with Gasteiger partial charge < -0.3 is 25.1 Å². The van der Waals surface area contributed by atoms with Crippen LogP contribution in [0.25, 0.3) is 0 Å². The quantitative estimate of drug-likeness (QED) is 0.0477. The third-order valence-electron chi connectivity index (χ3n) is 10.2. The molecule has 2 N–H and O–H groups in total. The van der Waals surface area contributed by atoms with Crippen molar-refractivity contribution in [2.45, 2.75) is 124 Å². The number of hydrogen-bond acceptors (Lipinski definition) is 8. The first kappa shape index (κ1) is 45.1. The van der Waals surface area contributed by atoms with Crippen molar-refractivity contribution >= 4 is 46.8 Å². The van der Waals surface area contributed by atoms with Crippen molar-refractivity contribution in [3.63, 3.8) is 0 Å². The average molecular weight is 804 g/mol. The van der Waals surface area contributed by atoms with E-state index in [1.165, 1.54) is 68.5 Å². The summed E-state index contributed by atoms with van der Waals surface area (Å²) in [5.41, 5.74) is 0.135. The predicted octanol–water partition coefficient (Wildman–Crippen LogP) is 8.01. The summed E-state index contributed by atoms with van der Waals surface area (Å²) < 4.78 is 10.7. The zero-order valence-electron chi connectivity index (χ0n) is 33.9. The number of hydrogen-bond donors (Lipinski definition) is 2. The molecule has 0 saturated carbocycles. The first-order chi connectivity index (χ1) is 27.2. The second kappa shape index (κ2) is 21.8. The Morgan fingerprint density at radius 2 is 1.44 bits per heavy atom. The van der Waals surface area contributed by atoms with Crippen molar-refractivity contribution in [2.75, 3.05) is 11.9 Å². The van der Waals surface area contributed by atoms with Gasteiger partial charge in [-0.25, -0.2) is 9.59 Å². The number of anilines is 1. The van der Waals surface area contributed by atoms with E-state index in [1.54, 1.807) is 51.1 Å². The maximum Gasteiger partial charge on any atom is 0.347 e. The smallest absolute Gasteiger partial charge is 0.347 e. The number of benzene rings is 3. The molecule has 1 aliphatic rings. The van der Waals surface area contributed by atoms with Crippen molar-refractivity contribution < 1.29 is 38.5 Å². The lowest BCUT2D eigenvalue weighted by Gasteiger charge is -2.34. The van der Waals surface area contributed by atoms with Gasteiger partial charge in [-0.1, -0.05) is 158 Å². The molecule has 1 saturated heterocycles. The number of ether oxygens (including phenoxy) is 2. The molecule has 5 unspecified atom stereocenters. The Kier molecular flexibility index (Phi) is 17.3. The molecule has 1 heterocycles. The van der Waals surface area contributed by atoms with E-state index in [9.17, 15) is 29.2 Å². The van der Waals surface area contributed by atoms with Crippen LogP contribution in [0.4, 0.5) is 5.69 Å². The molecule has 12 heteroatoms. The number of halogens is 1. The highest BCUT2D eigenvalue weighted by Gasteiger charge is 2.56. The number of rotatable bonds is 21. The summed E-state index contributed by atoms with van der Waals surface area (Å²) in [6.45, 7) is 8.78. The van der Waals surface area contributed by atoms with Crippen LogP contribution in [0.5, 0.6) is 0 Å². The summed E-state index contributed by atoms with van der Waals surface area (Å²) in [6.07, 6.45) is 9.24. The number of carbonyl (C=O) groups excluding carboxylic acids is 5. The van der Waals surface area contributed by atoms with E-state index >= 15 is 0 Å². The molecule has 5 atom stereocenters. The second-order valence-electron chi connectivity index (χ2n) is 15.8. The highest BCUT2D eigenvalue weighted by molar-refractivity contribution is 6.34. The van der Waals surface area contributed by atoms with Crippen LogP contribution in [-0.2, 0) is 35.2 Å². The lowest BCUT2D eigenvalue weighted by Crippen LogP contribution is -3.11. The molecule has 4 rings (SSSR count). The van der Waals surface area contributed by atoms with Gasteiger partial charge in [-0.05, 0) is 37.1 Å². The maximum absolute atomic E-state index is 14.4. The van der Waals surface area contributed by atoms with E-state index in [0.717, 1.165) is 31.2 Å². The first-order valence-corrected chi connectivity index (χ1v) is 20.6. The fourth-order valence-electron chi connectivity index (χ4n) is 6.99. The Hall–Kier alpha value is -4.58. The van der Waals surface area contributed by atoms with Crippen molar-refractivity contribution in [2.24, 2.45) is 11.3 Å². The molecule has 3 aromatic rings. The Balaban J connectivity index is 1.44. The number of nitrogens with zero attached hydrogens (tertiary/aromatic N) is 1. The van der Waals surface area contributed by atoms with Crippen LogP contribution >= 0.6 is 11.6 Å². The molecule has 11 nitrogen and oxygen atoms in total. The molecule has 1 aliphatic heterocycles. The Morgan fingerprint density at radius 1 is 0.860 bits per heavy atom. The number of Topliss-reactive ketones (excluding diaryl/α,β-unsaturated/α-hetero) is 1. The van der Waals surface area contributed by atoms with Crippen LogP contribution in [0, 0.1) is 16.5 Å². The molecule has 308 valence electrons. The molecule has 0 spiro atoms. The van der Waals surface area contributed by atoms with Crippen molar-refractivity contribution in [3.05, 3.63) is 106 Å². The van der Waals surface area contributed by atoms with Gasteiger partial charge in [0.1, 0.15) is 0 Å². The third kappa shape index (κ3) is 12.7. The molecule has 1 fully saturated rings. The highest BCUT2D eigenvalue weighted by Crippen LogP contribution is 2.32. The molecule has 0 radical (unpaired) electrons. The van der Waals surface area contributed by atoms with Gasteiger partial charge in [0.2, 0.25) is 5.91 Å². The normalized spacial score (nSPS) is 17.8. The number of hydroxylamine groups is 2. The van der Waals surface area contributed by atoms with Gasteiger partial charge in [0, 0.05) is 11.0 Å². The number of carbonyl (C=O) groups is 5. The van der Waals surface area contributed by atoms with E-state index in [4.69, 9.17) is 21.1 Å². The monoisotopic (exact) mass is 803 g/mol. The topological polar surface area (TPSA) is 147 Å². The van der Waals surface area contributed by atoms with Gasteiger partial charge in [-0.3, -0.25) is 19.3 Å². The summed E-state index contributed by atoms with van der Waals surface area (Å²) in [5.74, 6) is -5.44. The summed E-state index contributed by atoms with van der Waals surface area (Å²) in [5, 5.41) is 16.4. The molecule has 0 aromatic heterocycles. The number of esters is 2. The van der Waals surface area contributed by atoms with E-state index in [-0.39, 0.29) is 29.4 Å². The summed E-state index contributed by atoms with van der Waals surface area (Å²) in [6, 6.07) is 20.3. The Bertz CT molecular complexity index is 1800. The summed E-state index contributed by atoms with van der Waals surface area (Å²) in [7, 11) is 0. The van der Waals surface area contributed by atoms with Gasteiger partial charge in [-0.2, -0.15) is 0 Å². The van der Waals surface area contributed by atoms with Crippen LogP contribution in [-0.4, -0.2) is 53.2 Å². The second-order valence-corrected chi connectivity index (χ2v) is 16.2. The van der Waals surface area contributed by atoms with Gasteiger partial charge in [0.05, 0.1) is 29.4 Å². The van der Waals surface area contributed by atoms with Crippen LogP contribution in [0.1, 0.15) is 126 Å². The minimum atomic E-state index is -1.71. The lowest BCUT2D eigenvalue weighted by molar-refractivity contribution is -0.898. The third-order valence-corrected chi connectivity index (χ3v) is 10.5. The molecular weight excluding hydrogens is 746 g/mol. The minimum Gasteiger partial charge on any atom is -0.632 e. The first-order valence-electron chi connectivity index (χ1n) is 20.2. The Labute approximate surface area is 342 Å². The van der Waals surface area contributed by atoms with Gasteiger partial charge in [0.25, 0.3) is 5.91 Å². The fourth-order valence-corrected chi connectivity index (χ4v) is 7.15. The number of unbranched alkanes of at least 4 members (excludes halogenated alkanes) is 9. The summed E-state index contributed by atoms with van der Waals surface area (Å²) >= 11 is 6.48. The van der Waals surface area contributed by atoms with Crippen LogP contribution in [0.3, 0.4) is 0 Å². The average Bonchev–Trinajstić information content (AvgIpc) is 3.42. The van der Waals surface area contributed by atoms with E-state index in [1.807, 2.05) is 30.3 Å². The fraction of sp³-hybridized carbons (Fsp3) is 0.489. The van der Waals surface area contributed by atoms with Crippen LogP contribution in [0.15, 0.2) is 78.9 Å². The number of ketones is 1. The maximum atomic E-state index is 14.4. The molecule has 0 bridgehead atoms. The molecule has 0 aliphatic carbocycles. The highest BCUT2D eigenvalue weighted by atomic mass is 35.5. The molecule has 57 heavy (non-hydrogen) atoms. The SMILES string of the molecule is CCCCCCCCCCCCOC(=O)C(C)OC(=O)c1ccc(Cl)c(NC(=O)C(C(=O)C(C)(C)C)C2C(=O)N(Cc3ccccc3)C(c3ccccc3)[NH+]2[O-])c1. The van der Waals surface area contributed by atoms with E-state index in [2.05, 4.69) is 12.2 Å². The van der Waals surface area contributed by atoms with Crippen molar-refractivity contribution in [1.82, 2.24) is 4.90 Å². The minimum absolute atomic E-state index is 0.0303. The number of nitrogens with one attached hydrogen (secondary N) is 2. The molecular formula is C45H58ClN3O8. The van der Waals surface area contributed by atoms with E-state index < -0.39 is 64.2 Å². The van der Waals surface area contributed by atoms with Crippen LogP contribution < -0.4 is 10.4 Å². The Morgan fingerprint density at radius 3 is 2.04 bits per heavy atom. The zero-order chi connectivity index (χ0) is 41.5. The standard InChI is InChI=1S/C45H58ClN3O8/c1-6-7-8-9-10-11-12-13-14-21-28-56-43(53)31(2)57-44(54)34-26-27-35(46)36(29-34)47-40(51)37(39(50)45(3,4)5)38-42(52)48(30-32-22-17-15-18-23-32)41(49(38)55)33-24-19-16-20-25-33/h15-20,22-27,29,31,37-38,41,49H,6-14,21,28,30H2,1-5H3,(H,47,51). The molecule has 2 amide bonds. The zero-order valence-corrected chi connectivity index (χ0v) is 34.6. The van der Waals surface area contributed by atoms with E-state index in [0.29, 0.717) is 5.56 Å². The number of amides is 2. The largest absolute Gasteiger partial charge is 0.632 e. The van der Waals surface area contributed by atoms with Gasteiger partial charge >= 0.3 is 11.9 Å². The van der Waals surface area contributed by atoms with Gasteiger partial charge in [-0.15, -0.1) is 0 Å². The molecule has 3 aromatic carbocycles. The van der Waals surface area contributed by atoms with Crippen LogP contribution in [0.2, 0.25) is 5.02 Å². The predicted molar refractivity (Wildman–Crippen MR) is 220 cm³/mol. The number of quaternary nitrogens is 1. The van der Waals surface area contributed by atoms with Crippen molar-refractivity contribution in [3.8, 4) is 0 Å². The van der Waals surface area contributed by atoms with Gasteiger partial charge in [0.15, 0.2) is 30.0 Å².